The highest BCUT2D eigenvalue weighted by molar-refractivity contribution is 7.99. The molecule has 1 amide bonds. The number of carbonyl (C=O) groups is 2. The largest absolute Gasteiger partial charge is 0.480 e. The van der Waals surface area contributed by atoms with Gasteiger partial charge in [-0.1, -0.05) is 74.2 Å². The predicted molar refractivity (Wildman–Crippen MR) is 146 cm³/mol. The number of alkyl halides is 2. The second-order valence-corrected chi connectivity index (χ2v) is 11.1. The summed E-state index contributed by atoms with van der Waals surface area (Å²) >= 11 is 0.370. The molecule has 0 unspecified atom stereocenters. The average molecular weight is 533 g/mol. The zero-order valence-corrected chi connectivity index (χ0v) is 22.5. The number of hydrogen-bond acceptors (Lipinski definition) is 4. The van der Waals surface area contributed by atoms with Crippen LogP contribution in [0, 0.1) is 12.8 Å². The Hall–Kier alpha value is -2.45. The van der Waals surface area contributed by atoms with Crippen molar-refractivity contribution in [3.8, 4) is 11.1 Å². The highest BCUT2D eigenvalue weighted by atomic mass is 32.2. The molecule has 0 aromatic heterocycles. The van der Waals surface area contributed by atoms with Crippen molar-refractivity contribution in [2.75, 3.05) is 19.3 Å². The summed E-state index contributed by atoms with van der Waals surface area (Å²) in [7, 11) is 2.12. The van der Waals surface area contributed by atoms with Gasteiger partial charge in [0, 0.05) is 17.9 Å². The van der Waals surface area contributed by atoms with E-state index < -0.39 is 23.7 Å². The lowest BCUT2D eigenvalue weighted by atomic mass is 9.87. The number of aryl methyl sites for hydroxylation is 1. The predicted octanol–water partition coefficient (Wildman–Crippen LogP) is 6.59. The van der Waals surface area contributed by atoms with Crippen LogP contribution in [0.2, 0.25) is 0 Å². The number of nitrogens with zero attached hydrogens (tertiary/aromatic N) is 1. The Kier molecular flexibility index (Phi) is 11.4. The fourth-order valence-corrected chi connectivity index (χ4v) is 5.57. The number of rotatable bonds is 13. The van der Waals surface area contributed by atoms with Crippen molar-refractivity contribution in [2.45, 2.75) is 70.2 Å². The van der Waals surface area contributed by atoms with E-state index in [2.05, 4.69) is 17.3 Å². The van der Waals surface area contributed by atoms with E-state index in [1.54, 1.807) is 6.07 Å². The molecule has 0 heterocycles. The van der Waals surface area contributed by atoms with Gasteiger partial charge in [-0.15, -0.1) is 0 Å². The van der Waals surface area contributed by atoms with Gasteiger partial charge < -0.3 is 15.3 Å². The van der Waals surface area contributed by atoms with Crippen LogP contribution in [0.3, 0.4) is 0 Å². The smallest absolute Gasteiger partial charge is 0.326 e. The molecular weight excluding hydrogens is 494 g/mol. The van der Waals surface area contributed by atoms with Crippen LogP contribution in [0.5, 0.6) is 0 Å². The first-order valence-corrected chi connectivity index (χ1v) is 14.1. The Labute approximate surface area is 223 Å². The Bertz CT molecular complexity index is 1040. The summed E-state index contributed by atoms with van der Waals surface area (Å²) < 4.78 is 25.0. The number of hydrogen-bond donors (Lipinski definition) is 2. The first-order valence-electron chi connectivity index (χ1n) is 13.1. The zero-order valence-electron chi connectivity index (χ0n) is 21.7. The number of benzene rings is 2. The van der Waals surface area contributed by atoms with E-state index in [1.807, 2.05) is 43.3 Å². The maximum atomic E-state index is 13.2. The topological polar surface area (TPSA) is 69.6 Å². The normalized spacial score (nSPS) is 15.2. The first kappa shape index (κ1) is 29.1. The molecule has 0 aliphatic heterocycles. The maximum absolute atomic E-state index is 13.2. The van der Waals surface area contributed by atoms with Gasteiger partial charge in [0.1, 0.15) is 6.04 Å². The van der Waals surface area contributed by atoms with E-state index in [4.69, 9.17) is 0 Å². The van der Waals surface area contributed by atoms with Crippen molar-refractivity contribution >= 4 is 23.6 Å². The number of thioether (sulfide) groups is 1. The molecular formula is C29H38F2N2O3S. The number of carboxylic acids is 1. The molecule has 1 fully saturated rings. The Morgan fingerprint density at radius 3 is 2.51 bits per heavy atom. The molecule has 0 bridgehead atoms. The van der Waals surface area contributed by atoms with Gasteiger partial charge in [0.15, 0.2) is 0 Å². The van der Waals surface area contributed by atoms with Crippen molar-refractivity contribution in [1.82, 2.24) is 10.2 Å². The number of carboxylic acid groups (broad SMARTS) is 1. The molecule has 1 aliphatic rings. The quantitative estimate of drug-likeness (QED) is 0.304. The molecule has 1 atom stereocenters. The van der Waals surface area contributed by atoms with Gasteiger partial charge in [-0.25, -0.2) is 4.79 Å². The van der Waals surface area contributed by atoms with E-state index >= 15 is 0 Å². The first-order chi connectivity index (χ1) is 17.7. The summed E-state index contributed by atoms with van der Waals surface area (Å²) in [6.07, 6.45) is 7.80. The lowest BCUT2D eigenvalue weighted by molar-refractivity contribution is -0.139. The summed E-state index contributed by atoms with van der Waals surface area (Å²) in [6, 6.07) is 12.2. The molecule has 5 nitrogen and oxygen atoms in total. The molecule has 3 rings (SSSR count). The summed E-state index contributed by atoms with van der Waals surface area (Å²) in [5.74, 6) is -3.59. The highest BCUT2D eigenvalue weighted by Gasteiger charge is 2.23. The van der Waals surface area contributed by atoms with Crippen LogP contribution < -0.4 is 5.32 Å². The van der Waals surface area contributed by atoms with Crippen LogP contribution in [0.25, 0.3) is 11.1 Å². The van der Waals surface area contributed by atoms with E-state index in [0.717, 1.165) is 41.3 Å². The standard InChI is InChI=1S/C29H38F2N2O3S/c1-20-8-6-7-11-23(20)25-18-22(19-33(2)16-14-21-9-4-3-5-10-21)12-13-24(25)27(34)32-26(28(35)36)15-17-37-29(30)31/h6-8,11-13,18,21,26,29H,3-5,9-10,14-17,19H2,1-2H3,(H,32,34)(H,35,36)/t26-/m0/s1. The SMILES string of the molecule is Cc1ccccc1-c1cc(CN(C)CCC2CCCCC2)ccc1C(=O)N[C@@H](CCSC(F)F)C(=O)O. The molecule has 37 heavy (non-hydrogen) atoms. The van der Waals surface area contributed by atoms with Gasteiger partial charge in [0.05, 0.1) is 0 Å². The number of halogens is 2. The number of nitrogens with one attached hydrogen (secondary N) is 1. The molecule has 0 saturated heterocycles. The lowest BCUT2D eigenvalue weighted by Crippen LogP contribution is -2.41. The second kappa shape index (κ2) is 14.5. The summed E-state index contributed by atoms with van der Waals surface area (Å²) in [5, 5.41) is 12.1. The van der Waals surface area contributed by atoms with Crippen LogP contribution in [-0.4, -0.2) is 53.0 Å². The minimum atomic E-state index is -2.58. The van der Waals surface area contributed by atoms with E-state index in [9.17, 15) is 23.5 Å². The van der Waals surface area contributed by atoms with E-state index in [0.29, 0.717) is 17.3 Å². The summed E-state index contributed by atoms with van der Waals surface area (Å²) in [6.45, 7) is 3.74. The lowest BCUT2D eigenvalue weighted by Gasteiger charge is -2.25. The van der Waals surface area contributed by atoms with Crippen molar-refractivity contribution in [3.63, 3.8) is 0 Å². The van der Waals surface area contributed by atoms with E-state index in [-0.39, 0.29) is 12.2 Å². The Morgan fingerprint density at radius 1 is 1.11 bits per heavy atom. The zero-order chi connectivity index (χ0) is 26.8. The van der Waals surface area contributed by atoms with Crippen LogP contribution in [0.4, 0.5) is 8.78 Å². The molecule has 202 valence electrons. The fraction of sp³-hybridized carbons (Fsp3) is 0.517. The number of carbonyl (C=O) groups excluding carboxylic acids is 1. The molecule has 2 aromatic carbocycles. The van der Waals surface area contributed by atoms with Gasteiger partial charge in [0.25, 0.3) is 11.7 Å². The molecule has 2 aromatic rings. The van der Waals surface area contributed by atoms with Crippen LogP contribution in [-0.2, 0) is 11.3 Å². The van der Waals surface area contributed by atoms with Crippen LogP contribution in [0.15, 0.2) is 42.5 Å². The maximum Gasteiger partial charge on any atom is 0.326 e. The molecule has 1 aliphatic carbocycles. The molecule has 8 heteroatoms. The highest BCUT2D eigenvalue weighted by Crippen LogP contribution is 2.30. The second-order valence-electron chi connectivity index (χ2n) is 10.0. The monoisotopic (exact) mass is 532 g/mol. The Morgan fingerprint density at radius 2 is 1.84 bits per heavy atom. The van der Waals surface area contributed by atoms with Crippen LogP contribution in [0.1, 0.15) is 66.4 Å². The third-order valence-corrected chi connectivity index (χ3v) is 7.84. The number of amides is 1. The van der Waals surface area contributed by atoms with Crippen molar-refractivity contribution in [2.24, 2.45) is 5.92 Å². The average Bonchev–Trinajstić information content (AvgIpc) is 2.87. The number of aliphatic carboxylic acids is 1. The van der Waals surface area contributed by atoms with Gasteiger partial charge >= 0.3 is 5.97 Å². The molecule has 2 N–H and O–H groups in total. The fourth-order valence-electron chi connectivity index (χ4n) is 5.02. The van der Waals surface area contributed by atoms with Gasteiger partial charge in [-0.2, -0.15) is 8.78 Å². The van der Waals surface area contributed by atoms with Crippen molar-refractivity contribution < 1.29 is 23.5 Å². The summed E-state index contributed by atoms with van der Waals surface area (Å²) in [5.41, 5.74) is 4.08. The third kappa shape index (κ3) is 9.11. The van der Waals surface area contributed by atoms with Crippen LogP contribution >= 0.6 is 11.8 Å². The molecule has 1 saturated carbocycles. The van der Waals surface area contributed by atoms with Crippen molar-refractivity contribution in [1.29, 1.82) is 0 Å². The molecule has 0 radical (unpaired) electrons. The Balaban J connectivity index is 1.77. The van der Waals surface area contributed by atoms with Gasteiger partial charge in [-0.05, 0) is 73.7 Å². The third-order valence-electron chi connectivity index (χ3n) is 7.11. The minimum absolute atomic E-state index is 0.0638. The molecule has 0 spiro atoms. The minimum Gasteiger partial charge on any atom is -0.480 e. The summed E-state index contributed by atoms with van der Waals surface area (Å²) in [4.78, 5) is 27.2. The van der Waals surface area contributed by atoms with Gasteiger partial charge in [-0.3, -0.25) is 4.79 Å². The van der Waals surface area contributed by atoms with Gasteiger partial charge in [0.2, 0.25) is 0 Å². The van der Waals surface area contributed by atoms with E-state index in [1.165, 1.54) is 38.5 Å². The van der Waals surface area contributed by atoms with Crippen molar-refractivity contribution in [3.05, 3.63) is 59.2 Å².